The topological polar surface area (TPSA) is 61.7 Å². The molecule has 0 spiro atoms. The monoisotopic (exact) mass is 208 g/mol. The molecule has 0 saturated carbocycles. The minimum absolute atomic E-state index is 0.0264. The Labute approximate surface area is 89.4 Å². The van der Waals surface area contributed by atoms with Crippen LogP contribution in [0, 0.1) is 0 Å². The Morgan fingerprint density at radius 1 is 1.53 bits per heavy atom. The van der Waals surface area contributed by atoms with E-state index < -0.39 is 5.97 Å². The highest BCUT2D eigenvalue weighted by Crippen LogP contribution is 2.19. The summed E-state index contributed by atoms with van der Waals surface area (Å²) in [6, 6.07) is 0. The number of carboxylic acids is 1. The number of rotatable bonds is 4. The molecule has 1 aliphatic rings. The highest BCUT2D eigenvalue weighted by Gasteiger charge is 2.15. The first-order valence-electron chi connectivity index (χ1n) is 4.95. The maximum Gasteiger partial charge on any atom is 0.309 e. The van der Waals surface area contributed by atoms with Gasteiger partial charge in [0.05, 0.1) is 12.1 Å². The first-order chi connectivity index (χ1) is 7.19. The Balaban J connectivity index is 2.89. The molecule has 0 amide bonds. The minimum atomic E-state index is -0.850. The summed E-state index contributed by atoms with van der Waals surface area (Å²) in [6.07, 6.45) is 6.02. The third kappa shape index (κ3) is 2.94. The normalized spacial score (nSPS) is 16.8. The zero-order chi connectivity index (χ0) is 11.3. The average Bonchev–Trinajstić information content (AvgIpc) is 2.25. The van der Waals surface area contributed by atoms with E-state index in [1.54, 1.807) is 7.05 Å². The molecular weight excluding hydrogens is 192 g/mol. The van der Waals surface area contributed by atoms with Gasteiger partial charge in [-0.15, -0.1) is 0 Å². The lowest BCUT2D eigenvalue weighted by Gasteiger charge is -2.16. The van der Waals surface area contributed by atoms with Crippen molar-refractivity contribution in [2.75, 3.05) is 14.1 Å². The molecule has 1 rings (SSSR count). The van der Waals surface area contributed by atoms with E-state index in [-0.39, 0.29) is 6.42 Å². The Morgan fingerprint density at radius 2 is 2.20 bits per heavy atom. The molecule has 0 aromatic heterocycles. The van der Waals surface area contributed by atoms with Gasteiger partial charge in [-0.3, -0.25) is 9.79 Å². The van der Waals surface area contributed by atoms with Crippen LogP contribution in [0.1, 0.15) is 19.3 Å². The van der Waals surface area contributed by atoms with Crippen LogP contribution in [0.15, 0.2) is 28.4 Å². The van der Waals surface area contributed by atoms with Gasteiger partial charge in [0.25, 0.3) is 0 Å². The molecule has 0 heterocycles. The van der Waals surface area contributed by atoms with E-state index in [1.165, 1.54) is 0 Å². The van der Waals surface area contributed by atoms with Crippen LogP contribution in [0.25, 0.3) is 0 Å². The van der Waals surface area contributed by atoms with Crippen LogP contribution in [-0.4, -0.2) is 30.9 Å². The molecule has 0 saturated heterocycles. The Hall–Kier alpha value is -1.58. The van der Waals surface area contributed by atoms with Crippen molar-refractivity contribution in [1.29, 1.82) is 0 Å². The summed E-state index contributed by atoms with van der Waals surface area (Å²) in [4.78, 5) is 14.7. The summed E-state index contributed by atoms with van der Waals surface area (Å²) in [5.74, 6) is -0.850. The molecule has 1 aliphatic carbocycles. The van der Waals surface area contributed by atoms with E-state index in [2.05, 4.69) is 16.4 Å². The van der Waals surface area contributed by atoms with Gasteiger partial charge < -0.3 is 10.4 Å². The highest BCUT2D eigenvalue weighted by atomic mass is 16.4. The lowest BCUT2D eigenvalue weighted by Crippen LogP contribution is -2.19. The number of hydrogen-bond acceptors (Lipinski definition) is 3. The standard InChI is InChI=1S/C11H16N2O2/c1-12-9-6-4-3-5-8(9)10(13-2)7-11(14)15/h5-6,12H,3-4,7H2,1-2H3,(H,14,15). The lowest BCUT2D eigenvalue weighted by molar-refractivity contribution is -0.135. The highest BCUT2D eigenvalue weighted by molar-refractivity contribution is 6.11. The average molecular weight is 208 g/mol. The maximum absolute atomic E-state index is 10.7. The summed E-state index contributed by atoms with van der Waals surface area (Å²) in [5, 5.41) is 11.8. The van der Waals surface area contributed by atoms with Crippen molar-refractivity contribution in [3.63, 3.8) is 0 Å². The molecule has 0 aromatic rings. The number of hydrogen-bond donors (Lipinski definition) is 2. The van der Waals surface area contributed by atoms with E-state index in [9.17, 15) is 4.79 Å². The molecule has 0 aliphatic heterocycles. The molecule has 0 aromatic carbocycles. The fourth-order valence-electron chi connectivity index (χ4n) is 1.62. The predicted molar refractivity (Wildman–Crippen MR) is 60.1 cm³/mol. The van der Waals surface area contributed by atoms with Gasteiger partial charge >= 0.3 is 5.97 Å². The molecule has 2 N–H and O–H groups in total. The molecule has 0 fully saturated rings. The molecule has 0 atom stereocenters. The first-order valence-corrected chi connectivity index (χ1v) is 4.95. The summed E-state index contributed by atoms with van der Waals surface area (Å²) in [6.45, 7) is 0. The molecule has 4 heteroatoms. The second-order valence-electron chi connectivity index (χ2n) is 3.30. The van der Waals surface area contributed by atoms with Crippen LogP contribution in [0.4, 0.5) is 0 Å². The summed E-state index contributed by atoms with van der Waals surface area (Å²) in [5.41, 5.74) is 2.53. The van der Waals surface area contributed by atoms with Crippen molar-refractivity contribution >= 4 is 11.7 Å². The van der Waals surface area contributed by atoms with Crippen LogP contribution in [0.2, 0.25) is 0 Å². The van der Waals surface area contributed by atoms with E-state index >= 15 is 0 Å². The molecule has 82 valence electrons. The van der Waals surface area contributed by atoms with Gasteiger partial charge in [0.2, 0.25) is 0 Å². The van der Waals surface area contributed by atoms with Gasteiger partial charge in [0.1, 0.15) is 0 Å². The quantitative estimate of drug-likeness (QED) is 0.686. The van der Waals surface area contributed by atoms with E-state index in [0.717, 1.165) is 24.1 Å². The summed E-state index contributed by atoms with van der Waals surface area (Å²) < 4.78 is 0. The Bertz CT molecular complexity index is 340. The Morgan fingerprint density at radius 3 is 2.73 bits per heavy atom. The molecule has 15 heavy (non-hydrogen) atoms. The maximum atomic E-state index is 10.7. The summed E-state index contributed by atoms with van der Waals surface area (Å²) >= 11 is 0. The second kappa shape index (κ2) is 5.34. The van der Waals surface area contributed by atoms with Crippen molar-refractivity contribution in [1.82, 2.24) is 5.32 Å². The number of nitrogens with one attached hydrogen (secondary N) is 1. The van der Waals surface area contributed by atoms with Gasteiger partial charge in [0.15, 0.2) is 0 Å². The number of carbonyl (C=O) groups is 1. The van der Waals surface area contributed by atoms with Crippen molar-refractivity contribution in [2.45, 2.75) is 19.3 Å². The van der Waals surface area contributed by atoms with Crippen LogP contribution in [-0.2, 0) is 4.79 Å². The molecule has 0 radical (unpaired) electrons. The fraction of sp³-hybridized carbons (Fsp3) is 0.455. The van der Waals surface area contributed by atoms with Crippen LogP contribution in [0.3, 0.4) is 0 Å². The lowest BCUT2D eigenvalue weighted by atomic mass is 9.97. The second-order valence-corrected chi connectivity index (χ2v) is 3.30. The number of allylic oxidation sites excluding steroid dienone is 3. The molecular formula is C11H16N2O2. The first kappa shape index (κ1) is 11.5. The van der Waals surface area contributed by atoms with E-state index in [4.69, 9.17) is 5.11 Å². The predicted octanol–water partition coefficient (Wildman–Crippen LogP) is 1.36. The molecule has 4 nitrogen and oxygen atoms in total. The third-order valence-corrected chi connectivity index (χ3v) is 2.32. The Kier molecular flexibility index (Phi) is 4.09. The smallest absolute Gasteiger partial charge is 0.309 e. The van der Waals surface area contributed by atoms with Crippen molar-refractivity contribution in [2.24, 2.45) is 4.99 Å². The molecule has 0 bridgehead atoms. The summed E-state index contributed by atoms with van der Waals surface area (Å²) in [7, 11) is 3.46. The minimum Gasteiger partial charge on any atom is -0.481 e. The largest absolute Gasteiger partial charge is 0.481 e. The van der Waals surface area contributed by atoms with Gasteiger partial charge in [-0.05, 0) is 12.8 Å². The van der Waals surface area contributed by atoms with E-state index in [1.807, 2.05) is 13.1 Å². The van der Waals surface area contributed by atoms with Crippen LogP contribution in [0.5, 0.6) is 0 Å². The zero-order valence-electron chi connectivity index (χ0n) is 9.08. The van der Waals surface area contributed by atoms with Crippen molar-refractivity contribution in [3.8, 4) is 0 Å². The number of carboxylic acid groups (broad SMARTS) is 1. The van der Waals surface area contributed by atoms with Crippen molar-refractivity contribution < 1.29 is 9.90 Å². The zero-order valence-corrected chi connectivity index (χ0v) is 9.08. The number of nitrogens with zero attached hydrogens (tertiary/aromatic N) is 1. The van der Waals surface area contributed by atoms with Crippen molar-refractivity contribution in [3.05, 3.63) is 23.4 Å². The van der Waals surface area contributed by atoms with Gasteiger partial charge in [-0.25, -0.2) is 0 Å². The third-order valence-electron chi connectivity index (χ3n) is 2.32. The molecule has 0 unspecified atom stereocenters. The SMILES string of the molecule is CN=C(CC(=O)O)C1=CCCC=C1NC. The van der Waals surface area contributed by atoms with Gasteiger partial charge in [0, 0.05) is 25.4 Å². The van der Waals surface area contributed by atoms with Crippen LogP contribution < -0.4 is 5.32 Å². The van der Waals surface area contributed by atoms with Gasteiger partial charge in [-0.1, -0.05) is 12.2 Å². The van der Waals surface area contributed by atoms with Crippen LogP contribution >= 0.6 is 0 Å². The number of aliphatic carboxylic acids is 1. The number of likely N-dealkylation sites (N-methyl/N-ethyl adjacent to an activating group) is 1. The van der Waals surface area contributed by atoms with E-state index in [0.29, 0.717) is 5.71 Å². The van der Waals surface area contributed by atoms with Gasteiger partial charge in [-0.2, -0.15) is 0 Å². The number of aliphatic imine (C=N–C) groups is 1. The fourth-order valence-corrected chi connectivity index (χ4v) is 1.62.